The summed E-state index contributed by atoms with van der Waals surface area (Å²) < 4.78 is 79.1. The van der Waals surface area contributed by atoms with E-state index in [0.717, 1.165) is 0 Å². The lowest BCUT2D eigenvalue weighted by atomic mass is 10.0. The Morgan fingerprint density at radius 3 is 2.37 bits per heavy atom. The Bertz CT molecular complexity index is 1270. The summed E-state index contributed by atoms with van der Waals surface area (Å²) in [6.45, 7) is 0.365. The number of nitrogens with one attached hydrogen (secondary N) is 1. The molecule has 0 aliphatic carbocycles. The van der Waals surface area contributed by atoms with E-state index in [1.165, 1.54) is 18.2 Å². The van der Waals surface area contributed by atoms with E-state index in [1.807, 2.05) is 0 Å². The summed E-state index contributed by atoms with van der Waals surface area (Å²) in [5.41, 5.74) is -2.05. The number of amides is 2. The molecule has 182 valence electrons. The molecule has 35 heavy (non-hydrogen) atoms. The van der Waals surface area contributed by atoms with Gasteiger partial charge in [-0.15, -0.1) is 0 Å². The summed E-state index contributed by atoms with van der Waals surface area (Å²) in [7, 11) is 0. The Morgan fingerprint density at radius 1 is 0.943 bits per heavy atom. The lowest BCUT2D eigenvalue weighted by Gasteiger charge is -2.18. The van der Waals surface area contributed by atoms with Crippen molar-refractivity contribution >= 4 is 23.2 Å². The number of fused-ring (bicyclic) bond motifs is 1. The maximum atomic E-state index is 13.3. The molecular formula is C24H17F6N3O2. The summed E-state index contributed by atoms with van der Waals surface area (Å²) in [5, 5.41) is 2.24. The largest absolute Gasteiger partial charge is 0.417 e. The predicted octanol–water partition coefficient (Wildman–Crippen LogP) is 5.50. The molecule has 1 aliphatic rings. The summed E-state index contributed by atoms with van der Waals surface area (Å²) in [6.07, 6.45) is -7.86. The van der Waals surface area contributed by atoms with Crippen LogP contribution in [0, 0.1) is 0 Å². The highest BCUT2D eigenvalue weighted by atomic mass is 19.4. The zero-order valence-electron chi connectivity index (χ0n) is 17.9. The zero-order valence-corrected chi connectivity index (χ0v) is 17.9. The number of nitrogens with zero attached hydrogens (tertiary/aromatic N) is 2. The van der Waals surface area contributed by atoms with Crippen LogP contribution in [0.2, 0.25) is 0 Å². The standard InChI is InChI=1S/C24H17F6N3O2/c25-23(26,27)15-4-6-19(24(28,29)30)18(12-15)22(35)32-17-5-7-20-14(11-17)8-10-33(20)21(34)13-16-3-1-2-9-31-16/h1-7,9,11-12H,8,10,13H2,(H,32,35). The number of benzene rings is 2. The molecule has 2 amide bonds. The lowest BCUT2D eigenvalue weighted by Crippen LogP contribution is -2.30. The number of aromatic nitrogens is 1. The van der Waals surface area contributed by atoms with Gasteiger partial charge in [-0.05, 0) is 60.5 Å². The summed E-state index contributed by atoms with van der Waals surface area (Å²) in [6, 6.07) is 10.3. The fourth-order valence-electron chi connectivity index (χ4n) is 3.85. The Labute approximate surface area is 195 Å². The predicted molar refractivity (Wildman–Crippen MR) is 115 cm³/mol. The van der Waals surface area contributed by atoms with Gasteiger partial charge in [-0.3, -0.25) is 14.6 Å². The Hall–Kier alpha value is -3.89. The van der Waals surface area contributed by atoms with Crippen molar-refractivity contribution in [2.45, 2.75) is 25.2 Å². The number of alkyl halides is 6. The first-order valence-corrected chi connectivity index (χ1v) is 10.4. The molecular weight excluding hydrogens is 476 g/mol. The van der Waals surface area contributed by atoms with E-state index in [4.69, 9.17) is 0 Å². The van der Waals surface area contributed by atoms with E-state index in [-0.39, 0.29) is 36.2 Å². The van der Waals surface area contributed by atoms with Crippen LogP contribution >= 0.6 is 0 Å². The van der Waals surface area contributed by atoms with Gasteiger partial charge >= 0.3 is 12.4 Å². The van der Waals surface area contributed by atoms with Crippen LogP contribution in [0.25, 0.3) is 0 Å². The molecule has 3 aromatic rings. The summed E-state index contributed by atoms with van der Waals surface area (Å²) in [4.78, 5) is 30.9. The van der Waals surface area contributed by atoms with Gasteiger partial charge < -0.3 is 10.2 Å². The van der Waals surface area contributed by atoms with Gasteiger partial charge in [0.15, 0.2) is 0 Å². The van der Waals surface area contributed by atoms with E-state index in [2.05, 4.69) is 10.3 Å². The van der Waals surface area contributed by atoms with Crippen molar-refractivity contribution in [3.8, 4) is 0 Å². The molecule has 11 heteroatoms. The van der Waals surface area contributed by atoms with E-state index in [9.17, 15) is 35.9 Å². The molecule has 0 atom stereocenters. The molecule has 1 aromatic heterocycles. The molecule has 0 radical (unpaired) electrons. The highest BCUT2D eigenvalue weighted by Crippen LogP contribution is 2.37. The number of pyridine rings is 1. The highest BCUT2D eigenvalue weighted by Gasteiger charge is 2.38. The molecule has 4 rings (SSSR count). The number of carbonyl (C=O) groups excluding carboxylic acids is 2. The van der Waals surface area contributed by atoms with Crippen molar-refractivity contribution in [1.82, 2.24) is 4.98 Å². The first-order chi connectivity index (χ1) is 16.4. The SMILES string of the molecule is O=C(Nc1ccc2c(c1)CCN2C(=O)Cc1ccccn1)c1cc(C(F)(F)F)ccc1C(F)(F)F. The second-order valence-electron chi connectivity index (χ2n) is 7.85. The minimum atomic E-state index is -5.02. The maximum absolute atomic E-state index is 13.3. The molecule has 0 saturated heterocycles. The monoisotopic (exact) mass is 493 g/mol. The molecule has 2 heterocycles. The van der Waals surface area contributed by atoms with E-state index < -0.39 is 35.0 Å². The summed E-state index contributed by atoms with van der Waals surface area (Å²) >= 11 is 0. The number of hydrogen-bond donors (Lipinski definition) is 1. The molecule has 0 spiro atoms. The van der Waals surface area contributed by atoms with Crippen LogP contribution in [0.4, 0.5) is 37.7 Å². The van der Waals surface area contributed by atoms with Crippen molar-refractivity contribution in [1.29, 1.82) is 0 Å². The second kappa shape index (κ2) is 9.05. The minimum absolute atomic E-state index is 0.0779. The molecule has 0 bridgehead atoms. The van der Waals surface area contributed by atoms with E-state index >= 15 is 0 Å². The third kappa shape index (κ3) is 5.28. The zero-order chi connectivity index (χ0) is 25.4. The number of hydrogen-bond acceptors (Lipinski definition) is 3. The van der Waals surface area contributed by atoms with Gasteiger partial charge in [0.2, 0.25) is 5.91 Å². The van der Waals surface area contributed by atoms with Crippen LogP contribution in [-0.2, 0) is 30.0 Å². The smallest absolute Gasteiger partial charge is 0.322 e. The van der Waals surface area contributed by atoms with Crippen LogP contribution in [0.1, 0.15) is 32.7 Å². The van der Waals surface area contributed by atoms with Gasteiger partial charge in [0.1, 0.15) is 0 Å². The second-order valence-corrected chi connectivity index (χ2v) is 7.85. The van der Waals surface area contributed by atoms with Gasteiger partial charge in [0.05, 0.1) is 23.1 Å². The molecule has 5 nitrogen and oxygen atoms in total. The molecule has 0 saturated carbocycles. The van der Waals surface area contributed by atoms with Crippen LogP contribution in [0.15, 0.2) is 60.8 Å². The van der Waals surface area contributed by atoms with Gasteiger partial charge in [-0.2, -0.15) is 26.3 Å². The third-order valence-electron chi connectivity index (χ3n) is 5.49. The fraction of sp³-hybridized carbons (Fsp3) is 0.208. The Morgan fingerprint density at radius 2 is 1.71 bits per heavy atom. The number of rotatable bonds is 4. The lowest BCUT2D eigenvalue weighted by molar-refractivity contribution is -0.141. The van der Waals surface area contributed by atoms with E-state index in [0.29, 0.717) is 29.9 Å². The average Bonchev–Trinajstić information content (AvgIpc) is 3.21. The van der Waals surface area contributed by atoms with Crippen molar-refractivity contribution < 1.29 is 35.9 Å². The number of anilines is 2. The molecule has 1 aliphatic heterocycles. The topological polar surface area (TPSA) is 62.3 Å². The molecule has 1 N–H and O–H groups in total. The molecule has 0 fully saturated rings. The Kier molecular flexibility index (Phi) is 6.27. The van der Waals surface area contributed by atoms with Gasteiger partial charge in [0.25, 0.3) is 5.91 Å². The van der Waals surface area contributed by atoms with Crippen molar-refractivity contribution in [2.24, 2.45) is 0 Å². The quantitative estimate of drug-likeness (QED) is 0.488. The average molecular weight is 493 g/mol. The van der Waals surface area contributed by atoms with Gasteiger partial charge in [-0.25, -0.2) is 0 Å². The van der Waals surface area contributed by atoms with Crippen LogP contribution in [0.3, 0.4) is 0 Å². The normalized spacial score (nSPS) is 13.5. The van der Waals surface area contributed by atoms with Crippen molar-refractivity contribution in [2.75, 3.05) is 16.8 Å². The third-order valence-corrected chi connectivity index (χ3v) is 5.49. The fourth-order valence-corrected chi connectivity index (χ4v) is 3.85. The first kappa shape index (κ1) is 24.2. The van der Waals surface area contributed by atoms with Crippen LogP contribution in [-0.4, -0.2) is 23.3 Å². The van der Waals surface area contributed by atoms with Crippen molar-refractivity contribution in [3.63, 3.8) is 0 Å². The van der Waals surface area contributed by atoms with E-state index in [1.54, 1.807) is 29.3 Å². The van der Waals surface area contributed by atoms with Gasteiger partial charge in [-0.1, -0.05) is 6.07 Å². The number of carbonyl (C=O) groups is 2. The van der Waals surface area contributed by atoms with Gasteiger partial charge in [0, 0.05) is 29.8 Å². The Balaban J connectivity index is 1.55. The summed E-state index contributed by atoms with van der Waals surface area (Å²) in [5.74, 6) is -1.53. The minimum Gasteiger partial charge on any atom is -0.322 e. The number of halogens is 6. The van der Waals surface area contributed by atoms with Crippen LogP contribution < -0.4 is 10.2 Å². The maximum Gasteiger partial charge on any atom is 0.417 e. The van der Waals surface area contributed by atoms with Crippen molar-refractivity contribution in [3.05, 3.63) is 88.7 Å². The molecule has 2 aromatic carbocycles. The van der Waals surface area contributed by atoms with Crippen LogP contribution in [0.5, 0.6) is 0 Å². The molecule has 0 unspecified atom stereocenters. The highest BCUT2D eigenvalue weighted by molar-refractivity contribution is 6.06. The first-order valence-electron chi connectivity index (χ1n) is 10.4.